The molecule has 0 atom stereocenters. The van der Waals surface area contributed by atoms with E-state index < -0.39 is 0 Å². The average molecular weight is 207 g/mol. The quantitative estimate of drug-likeness (QED) is 0.439. The van der Waals surface area contributed by atoms with Gasteiger partial charge in [0.1, 0.15) is 0 Å². The van der Waals surface area contributed by atoms with Crippen LogP contribution < -0.4 is 5.26 Å². The number of rotatable bonds is 3. The van der Waals surface area contributed by atoms with E-state index >= 15 is 0 Å². The Morgan fingerprint density at radius 2 is 1.79 bits per heavy atom. The second-order valence-electron chi connectivity index (χ2n) is 2.73. The number of benzene rings is 2. The zero-order valence-corrected chi connectivity index (χ0v) is 7.99. The van der Waals surface area contributed by atoms with Crippen molar-refractivity contribution < 1.29 is 14.6 Å². The Morgan fingerprint density at radius 3 is 2.57 bits per heavy atom. The molecular formula is C10H7O3S-. The minimum absolute atomic E-state index is 0.833. The van der Waals surface area contributed by atoms with Crippen molar-refractivity contribution in [2.75, 3.05) is 0 Å². The fourth-order valence-electron chi connectivity index (χ4n) is 1.27. The van der Waals surface area contributed by atoms with Crippen LogP contribution in [0.5, 0.6) is 0 Å². The third kappa shape index (κ3) is 2.05. The predicted octanol–water partition coefficient (Wildman–Crippen LogP) is 2.07. The molecule has 3 nitrogen and oxygen atoms in total. The van der Waals surface area contributed by atoms with Gasteiger partial charge in [-0.3, -0.25) is 5.04 Å². The molecule has 0 aliphatic carbocycles. The molecule has 0 aromatic heterocycles. The summed E-state index contributed by atoms with van der Waals surface area (Å²) in [5.74, 6) is 0. The van der Waals surface area contributed by atoms with Gasteiger partial charge in [-0.15, -0.1) is 0 Å². The summed E-state index contributed by atoms with van der Waals surface area (Å²) >= 11 is 0.901. The molecule has 0 N–H and O–H groups in total. The van der Waals surface area contributed by atoms with Crippen molar-refractivity contribution in [3.63, 3.8) is 0 Å². The van der Waals surface area contributed by atoms with E-state index in [0.717, 1.165) is 27.7 Å². The second-order valence-corrected chi connectivity index (χ2v) is 3.50. The highest BCUT2D eigenvalue weighted by Gasteiger charge is 1.96. The molecule has 0 fully saturated rings. The van der Waals surface area contributed by atoms with E-state index in [1.54, 1.807) is 0 Å². The first-order valence-corrected chi connectivity index (χ1v) is 4.76. The molecule has 0 aliphatic rings. The van der Waals surface area contributed by atoms with Crippen LogP contribution in [0.3, 0.4) is 0 Å². The summed E-state index contributed by atoms with van der Waals surface area (Å²) in [7, 11) is 0. The molecular weight excluding hydrogens is 200 g/mol. The number of hydrogen-bond donors (Lipinski definition) is 0. The van der Waals surface area contributed by atoms with Crippen molar-refractivity contribution >= 4 is 22.8 Å². The Balaban J connectivity index is 2.32. The topological polar surface area (TPSA) is 41.5 Å². The van der Waals surface area contributed by atoms with Gasteiger partial charge in [0.2, 0.25) is 0 Å². The first-order chi connectivity index (χ1) is 6.90. The van der Waals surface area contributed by atoms with Gasteiger partial charge in [-0.25, -0.2) is 0 Å². The maximum atomic E-state index is 9.62. The zero-order chi connectivity index (χ0) is 9.80. The summed E-state index contributed by atoms with van der Waals surface area (Å²) in [5, 5.41) is 15.2. The summed E-state index contributed by atoms with van der Waals surface area (Å²) in [5.41, 5.74) is 0. The maximum absolute atomic E-state index is 9.62. The van der Waals surface area contributed by atoms with Crippen LogP contribution >= 0.6 is 12.0 Å². The lowest BCUT2D eigenvalue weighted by molar-refractivity contribution is -0.777. The molecule has 0 radical (unpaired) electrons. The van der Waals surface area contributed by atoms with Crippen molar-refractivity contribution in [2.24, 2.45) is 0 Å². The predicted molar refractivity (Wildman–Crippen MR) is 52.0 cm³/mol. The molecule has 0 aliphatic heterocycles. The van der Waals surface area contributed by atoms with Gasteiger partial charge < -0.3 is 5.26 Å². The number of fused-ring (bicyclic) bond motifs is 1. The third-order valence-corrected chi connectivity index (χ3v) is 2.45. The van der Waals surface area contributed by atoms with E-state index in [-0.39, 0.29) is 0 Å². The molecule has 72 valence electrons. The summed E-state index contributed by atoms with van der Waals surface area (Å²) in [6, 6.07) is 13.7. The van der Waals surface area contributed by atoms with E-state index in [4.69, 9.17) is 0 Å². The van der Waals surface area contributed by atoms with Gasteiger partial charge in [-0.1, -0.05) is 30.3 Å². The normalized spacial score (nSPS) is 10.6. The van der Waals surface area contributed by atoms with Crippen LogP contribution in [0.25, 0.3) is 10.8 Å². The highest BCUT2D eigenvalue weighted by molar-refractivity contribution is 7.94. The fraction of sp³-hybridized carbons (Fsp3) is 0. The Kier molecular flexibility index (Phi) is 3.00. The van der Waals surface area contributed by atoms with Crippen molar-refractivity contribution in [1.29, 1.82) is 0 Å². The van der Waals surface area contributed by atoms with E-state index in [0.29, 0.717) is 0 Å². The molecule has 2 aromatic rings. The lowest BCUT2D eigenvalue weighted by Gasteiger charge is -2.04. The SMILES string of the molecule is [O-]OOSc1ccc2ccccc2c1. The van der Waals surface area contributed by atoms with Gasteiger partial charge in [0.25, 0.3) is 0 Å². The third-order valence-electron chi connectivity index (χ3n) is 1.88. The Morgan fingerprint density at radius 1 is 1.00 bits per heavy atom. The van der Waals surface area contributed by atoms with Crippen LogP contribution in [0.4, 0.5) is 0 Å². The molecule has 0 saturated heterocycles. The lowest BCUT2D eigenvalue weighted by atomic mass is 10.1. The second kappa shape index (κ2) is 4.43. The van der Waals surface area contributed by atoms with E-state index in [1.807, 2.05) is 42.5 Å². The highest BCUT2D eigenvalue weighted by Crippen LogP contribution is 2.23. The van der Waals surface area contributed by atoms with Crippen molar-refractivity contribution in [2.45, 2.75) is 4.90 Å². The first-order valence-electron chi connectivity index (χ1n) is 4.02. The largest absolute Gasteiger partial charge is 0.691 e. The molecule has 0 unspecified atom stereocenters. The van der Waals surface area contributed by atoms with Gasteiger partial charge in [0.05, 0.1) is 12.0 Å². The fourth-order valence-corrected chi connectivity index (χ4v) is 1.68. The lowest BCUT2D eigenvalue weighted by Crippen LogP contribution is -2.00. The average Bonchev–Trinajstić information content (AvgIpc) is 2.26. The van der Waals surface area contributed by atoms with Crippen LogP contribution in [0.15, 0.2) is 47.4 Å². The molecule has 0 saturated carbocycles. The van der Waals surface area contributed by atoms with Gasteiger partial charge in [0.15, 0.2) is 0 Å². The summed E-state index contributed by atoms with van der Waals surface area (Å²) in [6.07, 6.45) is 0. The van der Waals surface area contributed by atoms with Gasteiger partial charge in [-0.05, 0) is 22.9 Å². The van der Waals surface area contributed by atoms with E-state index in [2.05, 4.69) is 9.37 Å². The molecule has 0 spiro atoms. The summed E-state index contributed by atoms with van der Waals surface area (Å²) in [4.78, 5) is 0.833. The van der Waals surface area contributed by atoms with E-state index in [1.165, 1.54) is 0 Å². The first kappa shape index (κ1) is 9.48. The smallest absolute Gasteiger partial charge is 0.0674 e. The minimum atomic E-state index is 0.833. The zero-order valence-electron chi connectivity index (χ0n) is 7.17. The van der Waals surface area contributed by atoms with Crippen molar-refractivity contribution in [1.82, 2.24) is 0 Å². The molecule has 14 heavy (non-hydrogen) atoms. The number of hydrogen-bond acceptors (Lipinski definition) is 4. The van der Waals surface area contributed by atoms with Gasteiger partial charge in [0, 0.05) is 4.90 Å². The van der Waals surface area contributed by atoms with Gasteiger partial charge >= 0.3 is 0 Å². The van der Waals surface area contributed by atoms with Crippen molar-refractivity contribution in [3.8, 4) is 0 Å². The Labute approximate surface area is 85.3 Å². The van der Waals surface area contributed by atoms with E-state index in [9.17, 15) is 5.26 Å². The van der Waals surface area contributed by atoms with Crippen LogP contribution in [0.1, 0.15) is 0 Å². The van der Waals surface area contributed by atoms with Crippen molar-refractivity contribution in [3.05, 3.63) is 42.5 Å². The molecule has 2 rings (SSSR count). The molecule has 2 aromatic carbocycles. The molecule has 0 heterocycles. The standard InChI is InChI=1S/C10H8O3S/c11-12-13-14-10-6-5-8-3-1-2-4-9(8)7-10/h1-7,11H/p-1. The summed E-state index contributed by atoms with van der Waals surface area (Å²) in [6.45, 7) is 0. The highest BCUT2D eigenvalue weighted by atomic mass is 32.2. The van der Waals surface area contributed by atoms with Crippen LogP contribution in [-0.4, -0.2) is 0 Å². The van der Waals surface area contributed by atoms with Crippen LogP contribution in [0.2, 0.25) is 0 Å². The Bertz CT molecular complexity index is 430. The minimum Gasteiger partial charge on any atom is -0.691 e. The summed E-state index contributed by atoms with van der Waals surface area (Å²) < 4.78 is 4.23. The molecule has 0 amide bonds. The molecule has 4 heteroatoms. The molecule has 0 bridgehead atoms. The van der Waals surface area contributed by atoms with Crippen LogP contribution in [0, 0.1) is 0 Å². The van der Waals surface area contributed by atoms with Gasteiger partial charge in [-0.2, -0.15) is 4.33 Å². The maximum Gasteiger partial charge on any atom is 0.0674 e. The monoisotopic (exact) mass is 207 g/mol. The van der Waals surface area contributed by atoms with Crippen LogP contribution in [-0.2, 0) is 9.37 Å². The Hall–Kier alpha value is -1.07.